The molecule has 0 bridgehead atoms. The number of amides is 1. The van der Waals surface area contributed by atoms with E-state index < -0.39 is 9.84 Å². The standard InChI is InChI=1S/C18H20N2O3S/c1-20(2)16-8-6-15(7-9-16)19-18(21)14-5-10-17-13(12-14)4-3-11-24(17,22)23/h5-10,12H,3-4,11H2,1-2H3,(H,19,21). The minimum absolute atomic E-state index is 0.184. The van der Waals surface area contributed by atoms with E-state index in [-0.39, 0.29) is 11.7 Å². The molecule has 0 fully saturated rings. The van der Waals surface area contributed by atoms with Crippen molar-refractivity contribution in [1.29, 1.82) is 0 Å². The molecule has 3 rings (SSSR count). The molecule has 126 valence electrons. The molecule has 5 nitrogen and oxygen atoms in total. The zero-order valence-electron chi connectivity index (χ0n) is 13.7. The fraction of sp³-hybridized carbons (Fsp3) is 0.278. The summed E-state index contributed by atoms with van der Waals surface area (Å²) < 4.78 is 24.1. The van der Waals surface area contributed by atoms with Gasteiger partial charge in [0.2, 0.25) is 0 Å². The first-order valence-electron chi connectivity index (χ1n) is 7.81. The minimum atomic E-state index is -3.19. The van der Waals surface area contributed by atoms with Gasteiger partial charge < -0.3 is 10.2 Å². The summed E-state index contributed by atoms with van der Waals surface area (Å²) in [5.41, 5.74) is 2.96. The van der Waals surface area contributed by atoms with Gasteiger partial charge in [-0.25, -0.2) is 8.42 Å². The molecule has 1 N–H and O–H groups in total. The van der Waals surface area contributed by atoms with E-state index in [1.807, 2.05) is 43.3 Å². The quantitative estimate of drug-likeness (QED) is 0.930. The summed E-state index contributed by atoms with van der Waals surface area (Å²) in [5, 5.41) is 2.84. The van der Waals surface area contributed by atoms with Crippen molar-refractivity contribution in [1.82, 2.24) is 0 Å². The Morgan fingerprint density at radius 2 is 1.79 bits per heavy atom. The van der Waals surface area contributed by atoms with Gasteiger partial charge in [0.05, 0.1) is 10.6 Å². The second-order valence-electron chi connectivity index (χ2n) is 6.14. The van der Waals surface area contributed by atoms with Crippen molar-refractivity contribution < 1.29 is 13.2 Å². The van der Waals surface area contributed by atoms with Crippen molar-refractivity contribution in [3.8, 4) is 0 Å². The Labute approximate surface area is 142 Å². The smallest absolute Gasteiger partial charge is 0.255 e. The number of carbonyl (C=O) groups excluding carboxylic acids is 1. The molecule has 24 heavy (non-hydrogen) atoms. The number of sulfone groups is 1. The molecule has 0 atom stereocenters. The van der Waals surface area contributed by atoms with Crippen LogP contribution in [0.4, 0.5) is 11.4 Å². The van der Waals surface area contributed by atoms with Crippen molar-refractivity contribution in [2.45, 2.75) is 17.7 Å². The lowest BCUT2D eigenvalue weighted by atomic mass is 10.1. The van der Waals surface area contributed by atoms with E-state index in [1.165, 1.54) is 0 Å². The number of nitrogens with one attached hydrogen (secondary N) is 1. The Bertz CT molecular complexity index is 872. The molecule has 0 saturated carbocycles. The lowest BCUT2D eigenvalue weighted by molar-refractivity contribution is 0.102. The van der Waals surface area contributed by atoms with E-state index in [0.717, 1.165) is 11.3 Å². The van der Waals surface area contributed by atoms with Gasteiger partial charge in [0.25, 0.3) is 5.91 Å². The van der Waals surface area contributed by atoms with E-state index in [0.29, 0.717) is 29.0 Å². The van der Waals surface area contributed by atoms with Crippen LogP contribution in [0.15, 0.2) is 47.4 Å². The zero-order chi connectivity index (χ0) is 17.3. The number of rotatable bonds is 3. The highest BCUT2D eigenvalue weighted by Gasteiger charge is 2.24. The van der Waals surface area contributed by atoms with Crippen LogP contribution in [0.25, 0.3) is 0 Å². The van der Waals surface area contributed by atoms with Crippen molar-refractivity contribution in [3.63, 3.8) is 0 Å². The maximum Gasteiger partial charge on any atom is 0.255 e. The van der Waals surface area contributed by atoms with Gasteiger partial charge >= 0.3 is 0 Å². The second-order valence-corrected chi connectivity index (χ2v) is 8.22. The highest BCUT2D eigenvalue weighted by molar-refractivity contribution is 7.91. The van der Waals surface area contributed by atoms with Crippen LogP contribution in [0.1, 0.15) is 22.3 Å². The summed E-state index contributed by atoms with van der Waals surface area (Å²) in [6.45, 7) is 0. The fourth-order valence-electron chi connectivity index (χ4n) is 2.83. The molecule has 1 aliphatic heterocycles. The number of hydrogen-bond donors (Lipinski definition) is 1. The SMILES string of the molecule is CN(C)c1ccc(NC(=O)c2ccc3c(c2)CCCS3(=O)=O)cc1. The molecule has 1 aliphatic rings. The number of benzene rings is 2. The van der Waals surface area contributed by atoms with Crippen LogP contribution in [0, 0.1) is 0 Å². The summed E-state index contributed by atoms with van der Waals surface area (Å²) in [5.74, 6) is -0.0533. The maximum absolute atomic E-state index is 12.4. The van der Waals surface area contributed by atoms with Gasteiger partial charge in [0.15, 0.2) is 9.84 Å². The summed E-state index contributed by atoms with van der Waals surface area (Å²) in [4.78, 5) is 14.8. The molecule has 0 radical (unpaired) electrons. The van der Waals surface area contributed by atoms with Gasteiger partial charge in [0, 0.05) is 31.0 Å². The maximum atomic E-state index is 12.4. The normalized spacial score (nSPS) is 15.4. The van der Waals surface area contributed by atoms with Crippen LogP contribution in [-0.4, -0.2) is 34.2 Å². The number of aryl methyl sites for hydroxylation is 1. The average Bonchev–Trinajstić information content (AvgIpc) is 2.54. The van der Waals surface area contributed by atoms with Gasteiger partial charge in [-0.05, 0) is 60.9 Å². The number of carbonyl (C=O) groups is 1. The van der Waals surface area contributed by atoms with Crippen LogP contribution in [0.5, 0.6) is 0 Å². The van der Waals surface area contributed by atoms with Crippen LogP contribution in [0.3, 0.4) is 0 Å². The van der Waals surface area contributed by atoms with Crippen LogP contribution in [-0.2, 0) is 16.3 Å². The topological polar surface area (TPSA) is 66.5 Å². The summed E-state index contributed by atoms with van der Waals surface area (Å²) >= 11 is 0. The third-order valence-corrected chi connectivity index (χ3v) is 6.05. The third-order valence-electron chi connectivity index (χ3n) is 4.16. The first-order valence-corrected chi connectivity index (χ1v) is 9.46. The van der Waals surface area contributed by atoms with Crippen molar-refractivity contribution in [2.24, 2.45) is 0 Å². The Kier molecular flexibility index (Phi) is 4.32. The van der Waals surface area contributed by atoms with E-state index >= 15 is 0 Å². The zero-order valence-corrected chi connectivity index (χ0v) is 14.6. The summed E-state index contributed by atoms with van der Waals surface area (Å²) in [6.07, 6.45) is 1.29. The molecular formula is C18H20N2O3S. The number of nitrogens with zero attached hydrogens (tertiary/aromatic N) is 1. The van der Waals surface area contributed by atoms with Crippen LogP contribution >= 0.6 is 0 Å². The first-order chi connectivity index (χ1) is 11.4. The highest BCUT2D eigenvalue weighted by Crippen LogP contribution is 2.26. The van der Waals surface area contributed by atoms with E-state index in [9.17, 15) is 13.2 Å². The molecular weight excluding hydrogens is 324 g/mol. The minimum Gasteiger partial charge on any atom is -0.378 e. The highest BCUT2D eigenvalue weighted by atomic mass is 32.2. The largest absolute Gasteiger partial charge is 0.378 e. The predicted octanol–water partition coefficient (Wildman–Crippen LogP) is 2.72. The molecule has 2 aromatic rings. The van der Waals surface area contributed by atoms with Crippen molar-refractivity contribution in [3.05, 3.63) is 53.6 Å². The van der Waals surface area contributed by atoms with E-state index in [2.05, 4.69) is 5.32 Å². The number of anilines is 2. The fourth-order valence-corrected chi connectivity index (χ4v) is 4.41. The Hall–Kier alpha value is -2.34. The Morgan fingerprint density at radius 1 is 1.08 bits per heavy atom. The summed E-state index contributed by atoms with van der Waals surface area (Å²) in [6, 6.07) is 12.4. The monoisotopic (exact) mass is 344 g/mol. The first kappa shape index (κ1) is 16.5. The second kappa shape index (κ2) is 6.28. The molecule has 6 heteroatoms. The van der Waals surface area contributed by atoms with Crippen LogP contribution < -0.4 is 10.2 Å². The molecule has 0 spiro atoms. The molecule has 1 amide bonds. The van der Waals surface area contributed by atoms with Gasteiger partial charge in [0.1, 0.15) is 0 Å². The Balaban J connectivity index is 1.81. The molecule has 0 saturated heterocycles. The lowest BCUT2D eigenvalue weighted by Crippen LogP contribution is -2.18. The molecule has 2 aromatic carbocycles. The van der Waals surface area contributed by atoms with Crippen LogP contribution in [0.2, 0.25) is 0 Å². The van der Waals surface area contributed by atoms with Crippen molar-refractivity contribution in [2.75, 3.05) is 30.1 Å². The molecule has 1 heterocycles. The van der Waals surface area contributed by atoms with E-state index in [4.69, 9.17) is 0 Å². The summed E-state index contributed by atoms with van der Waals surface area (Å²) in [7, 11) is 0.714. The number of fused-ring (bicyclic) bond motifs is 1. The Morgan fingerprint density at radius 3 is 2.46 bits per heavy atom. The molecule has 0 aliphatic carbocycles. The number of hydrogen-bond acceptors (Lipinski definition) is 4. The van der Waals surface area contributed by atoms with Crippen molar-refractivity contribution >= 4 is 27.1 Å². The van der Waals surface area contributed by atoms with Gasteiger partial charge in [-0.15, -0.1) is 0 Å². The average molecular weight is 344 g/mol. The van der Waals surface area contributed by atoms with E-state index in [1.54, 1.807) is 18.2 Å². The third kappa shape index (κ3) is 3.28. The lowest BCUT2D eigenvalue weighted by Gasteiger charge is -2.17. The van der Waals surface area contributed by atoms with Gasteiger partial charge in [-0.1, -0.05) is 0 Å². The molecule has 0 aromatic heterocycles. The molecule has 0 unspecified atom stereocenters. The predicted molar refractivity (Wildman–Crippen MR) is 95.5 cm³/mol. The van der Waals surface area contributed by atoms with Gasteiger partial charge in [-0.3, -0.25) is 4.79 Å². The van der Waals surface area contributed by atoms with Gasteiger partial charge in [-0.2, -0.15) is 0 Å².